The lowest BCUT2D eigenvalue weighted by Crippen LogP contribution is -2.35. The van der Waals surface area contributed by atoms with E-state index in [1.54, 1.807) is 6.20 Å². The van der Waals surface area contributed by atoms with Crippen LogP contribution in [0.4, 0.5) is 5.95 Å². The van der Waals surface area contributed by atoms with Crippen LogP contribution >= 0.6 is 0 Å². The second-order valence-corrected chi connectivity index (χ2v) is 9.19. The highest BCUT2D eigenvalue weighted by atomic mass is 32.2. The summed E-state index contributed by atoms with van der Waals surface area (Å²) in [7, 11) is -1.15. The van der Waals surface area contributed by atoms with E-state index in [4.69, 9.17) is 0 Å². The number of nitrogens with zero attached hydrogens (tertiary/aromatic N) is 3. The van der Waals surface area contributed by atoms with Gasteiger partial charge in [0.05, 0.1) is 5.25 Å². The molecular weight excluding hydrogens is 324 g/mol. The van der Waals surface area contributed by atoms with Crippen molar-refractivity contribution in [2.75, 3.05) is 11.9 Å². The van der Waals surface area contributed by atoms with Crippen LogP contribution < -0.4 is 9.62 Å². The molecule has 2 fully saturated rings. The van der Waals surface area contributed by atoms with E-state index in [2.05, 4.69) is 26.6 Å². The topological polar surface area (TPSA) is 75.2 Å². The molecule has 6 nitrogen and oxygen atoms in total. The average molecular weight is 353 g/mol. The van der Waals surface area contributed by atoms with Gasteiger partial charge in [-0.3, -0.25) is 0 Å². The molecule has 0 amide bonds. The molecule has 24 heavy (non-hydrogen) atoms. The van der Waals surface area contributed by atoms with Gasteiger partial charge in [-0.15, -0.1) is 0 Å². The number of sulfonamides is 1. The lowest BCUT2D eigenvalue weighted by molar-refractivity contribution is 0.424. The summed E-state index contributed by atoms with van der Waals surface area (Å²) >= 11 is 0. The van der Waals surface area contributed by atoms with Crippen LogP contribution in [0.5, 0.6) is 0 Å². The maximum Gasteiger partial charge on any atom is 0.225 e. The third-order valence-electron chi connectivity index (χ3n) is 5.21. The zero-order valence-corrected chi connectivity index (χ0v) is 15.6. The van der Waals surface area contributed by atoms with Crippen molar-refractivity contribution in [2.45, 2.75) is 76.1 Å². The van der Waals surface area contributed by atoms with Gasteiger partial charge in [0, 0.05) is 36.6 Å². The minimum atomic E-state index is -3.21. The van der Waals surface area contributed by atoms with Crippen LogP contribution in [0, 0.1) is 6.92 Å². The van der Waals surface area contributed by atoms with Gasteiger partial charge in [0.25, 0.3) is 0 Å². The summed E-state index contributed by atoms with van der Waals surface area (Å²) in [6, 6.07) is 0.208. The van der Waals surface area contributed by atoms with Gasteiger partial charge in [0.1, 0.15) is 0 Å². The number of aromatic nitrogens is 2. The van der Waals surface area contributed by atoms with Crippen molar-refractivity contribution >= 4 is 16.0 Å². The van der Waals surface area contributed by atoms with Gasteiger partial charge < -0.3 is 4.90 Å². The van der Waals surface area contributed by atoms with E-state index in [0.29, 0.717) is 6.04 Å². The Morgan fingerprint density at radius 3 is 2.46 bits per heavy atom. The van der Waals surface area contributed by atoms with Crippen LogP contribution in [0.3, 0.4) is 0 Å². The molecule has 0 unspecified atom stereocenters. The van der Waals surface area contributed by atoms with E-state index < -0.39 is 10.0 Å². The first-order valence-corrected chi connectivity index (χ1v) is 10.5. The van der Waals surface area contributed by atoms with Crippen molar-refractivity contribution in [2.24, 2.45) is 0 Å². The van der Waals surface area contributed by atoms with Crippen LogP contribution in [-0.2, 0) is 10.0 Å². The van der Waals surface area contributed by atoms with Gasteiger partial charge in [-0.2, -0.15) is 0 Å². The van der Waals surface area contributed by atoms with Crippen molar-refractivity contribution in [3.8, 4) is 0 Å². The molecular formula is C17H28N4O2S. The van der Waals surface area contributed by atoms with E-state index >= 15 is 0 Å². The maximum atomic E-state index is 12.1. The second-order valence-electron chi connectivity index (χ2n) is 7.20. The van der Waals surface area contributed by atoms with Gasteiger partial charge in [0.15, 0.2) is 0 Å². The van der Waals surface area contributed by atoms with Crippen molar-refractivity contribution in [1.29, 1.82) is 0 Å². The standard InChI is InChI=1S/C17H28N4O2S/c1-12-16(13(2)20-24(22,23)15-9-10-15)11-18-17(19-12)21(3)14-7-5-4-6-8-14/h11,13-15,20H,4-10H2,1-3H3/t13-/m1/s1. The predicted molar refractivity (Wildman–Crippen MR) is 95.5 cm³/mol. The number of anilines is 1. The summed E-state index contributed by atoms with van der Waals surface area (Å²) in [5, 5.41) is -0.210. The first-order valence-electron chi connectivity index (χ1n) is 8.96. The Hall–Kier alpha value is -1.21. The minimum absolute atomic E-state index is 0.210. The van der Waals surface area contributed by atoms with E-state index in [1.165, 1.54) is 32.1 Å². The average Bonchev–Trinajstić information content (AvgIpc) is 3.40. The molecule has 0 saturated heterocycles. The molecule has 3 rings (SSSR count). The van der Waals surface area contributed by atoms with Crippen LogP contribution in [0.1, 0.15) is 69.2 Å². The Morgan fingerprint density at radius 2 is 1.88 bits per heavy atom. The third-order valence-corrected chi connectivity index (χ3v) is 7.24. The van der Waals surface area contributed by atoms with Gasteiger partial charge in [-0.1, -0.05) is 19.3 Å². The van der Waals surface area contributed by atoms with E-state index in [9.17, 15) is 8.42 Å². The fourth-order valence-electron chi connectivity index (χ4n) is 3.48. The minimum Gasteiger partial charge on any atom is -0.341 e. The molecule has 1 heterocycles. The van der Waals surface area contributed by atoms with E-state index in [1.807, 2.05) is 13.8 Å². The third kappa shape index (κ3) is 3.88. The second kappa shape index (κ2) is 6.96. The molecule has 0 spiro atoms. The molecule has 1 atom stereocenters. The highest BCUT2D eigenvalue weighted by molar-refractivity contribution is 7.90. The van der Waals surface area contributed by atoms with Gasteiger partial charge >= 0.3 is 0 Å². The largest absolute Gasteiger partial charge is 0.341 e. The van der Waals surface area contributed by atoms with Gasteiger partial charge in [-0.25, -0.2) is 23.1 Å². The fourth-order valence-corrected chi connectivity index (χ4v) is 5.04. The summed E-state index contributed by atoms with van der Waals surface area (Å²) < 4.78 is 27.0. The van der Waals surface area contributed by atoms with Crippen molar-refractivity contribution in [1.82, 2.24) is 14.7 Å². The quantitative estimate of drug-likeness (QED) is 0.852. The first kappa shape index (κ1) is 17.6. The zero-order valence-electron chi connectivity index (χ0n) is 14.8. The monoisotopic (exact) mass is 352 g/mol. The Labute approximate surface area is 145 Å². The Bertz CT molecular complexity index is 682. The Kier molecular flexibility index (Phi) is 5.11. The highest BCUT2D eigenvalue weighted by Crippen LogP contribution is 2.30. The smallest absolute Gasteiger partial charge is 0.225 e. The lowest BCUT2D eigenvalue weighted by atomic mass is 9.95. The number of hydrogen-bond donors (Lipinski definition) is 1. The molecule has 2 aliphatic carbocycles. The van der Waals surface area contributed by atoms with Gasteiger partial charge in [0.2, 0.25) is 16.0 Å². The molecule has 1 aromatic rings. The Balaban J connectivity index is 1.71. The summed E-state index contributed by atoms with van der Waals surface area (Å²) in [5.41, 5.74) is 1.69. The molecule has 2 aliphatic rings. The summed E-state index contributed by atoms with van der Waals surface area (Å²) in [6.07, 6.45) is 9.55. The molecule has 0 aromatic carbocycles. The molecule has 1 N–H and O–H groups in total. The number of hydrogen-bond acceptors (Lipinski definition) is 5. The predicted octanol–water partition coefficient (Wildman–Crippen LogP) is 2.70. The lowest BCUT2D eigenvalue weighted by Gasteiger charge is -2.31. The van der Waals surface area contributed by atoms with E-state index in [0.717, 1.165) is 30.0 Å². The first-order chi connectivity index (χ1) is 11.4. The van der Waals surface area contributed by atoms with Gasteiger partial charge in [-0.05, 0) is 39.5 Å². The van der Waals surface area contributed by atoms with Crippen LogP contribution in [0.25, 0.3) is 0 Å². The SMILES string of the molecule is Cc1nc(N(C)C2CCCCC2)ncc1[C@@H](C)NS(=O)(=O)C1CC1. The summed E-state index contributed by atoms with van der Waals surface area (Å²) in [5.74, 6) is 0.736. The highest BCUT2D eigenvalue weighted by Gasteiger charge is 2.36. The molecule has 1 aromatic heterocycles. The maximum absolute atomic E-state index is 12.1. The zero-order chi connectivity index (χ0) is 17.3. The normalized spacial score (nSPS) is 20.8. The molecule has 2 saturated carbocycles. The fraction of sp³-hybridized carbons (Fsp3) is 0.765. The number of rotatable bonds is 6. The van der Waals surface area contributed by atoms with Crippen LogP contribution in [0.2, 0.25) is 0 Å². The van der Waals surface area contributed by atoms with Crippen LogP contribution in [-0.4, -0.2) is 36.7 Å². The summed E-state index contributed by atoms with van der Waals surface area (Å²) in [6.45, 7) is 3.79. The molecule has 0 radical (unpaired) electrons. The molecule has 134 valence electrons. The van der Waals surface area contributed by atoms with Crippen molar-refractivity contribution < 1.29 is 8.42 Å². The van der Waals surface area contributed by atoms with E-state index in [-0.39, 0.29) is 11.3 Å². The molecule has 7 heteroatoms. The number of nitrogens with one attached hydrogen (secondary N) is 1. The molecule has 0 bridgehead atoms. The summed E-state index contributed by atoms with van der Waals surface area (Å²) in [4.78, 5) is 11.3. The van der Waals surface area contributed by atoms with Crippen molar-refractivity contribution in [3.05, 3.63) is 17.5 Å². The number of aryl methyl sites for hydroxylation is 1. The van der Waals surface area contributed by atoms with Crippen molar-refractivity contribution in [3.63, 3.8) is 0 Å². The van der Waals surface area contributed by atoms with Crippen LogP contribution in [0.15, 0.2) is 6.20 Å². The Morgan fingerprint density at radius 1 is 1.21 bits per heavy atom. The molecule has 0 aliphatic heterocycles.